The highest BCUT2D eigenvalue weighted by Gasteiger charge is 2.28. The Hall–Kier alpha value is -2.37. The molecule has 0 unspecified atom stereocenters. The molecule has 1 heterocycles. The van der Waals surface area contributed by atoms with E-state index in [1.807, 2.05) is 12.1 Å². The third-order valence-electron chi connectivity index (χ3n) is 3.87. The monoisotopic (exact) mass is 272 g/mol. The third-order valence-corrected chi connectivity index (χ3v) is 3.87. The van der Waals surface area contributed by atoms with Gasteiger partial charge in [0.15, 0.2) is 0 Å². The molecule has 6 heteroatoms. The Morgan fingerprint density at radius 1 is 1.35 bits per heavy atom. The van der Waals surface area contributed by atoms with E-state index in [1.54, 1.807) is 18.5 Å². The number of benzene rings is 1. The summed E-state index contributed by atoms with van der Waals surface area (Å²) in [7, 11) is 1.79. The number of aryl methyl sites for hydroxylation is 1. The van der Waals surface area contributed by atoms with Crippen molar-refractivity contribution in [1.82, 2.24) is 9.55 Å². The first-order chi connectivity index (χ1) is 9.56. The summed E-state index contributed by atoms with van der Waals surface area (Å²) in [6.45, 7) is 1.77. The molecule has 0 radical (unpaired) electrons. The lowest BCUT2D eigenvalue weighted by Gasteiger charge is -2.13. The molecule has 6 nitrogen and oxygen atoms in total. The quantitative estimate of drug-likeness (QED) is 0.686. The Kier molecular flexibility index (Phi) is 2.93. The summed E-state index contributed by atoms with van der Waals surface area (Å²) < 4.78 is 1.74. The van der Waals surface area contributed by atoms with Gasteiger partial charge >= 0.3 is 5.82 Å². The number of imidazole rings is 1. The molecule has 1 N–H and O–H groups in total. The van der Waals surface area contributed by atoms with Crippen molar-refractivity contribution in [1.29, 1.82) is 0 Å². The van der Waals surface area contributed by atoms with Crippen molar-refractivity contribution >= 4 is 11.6 Å². The highest BCUT2D eigenvalue weighted by molar-refractivity contribution is 5.55. The fourth-order valence-electron chi connectivity index (χ4n) is 2.74. The van der Waals surface area contributed by atoms with Crippen LogP contribution >= 0.6 is 0 Å². The molecule has 0 saturated heterocycles. The summed E-state index contributed by atoms with van der Waals surface area (Å²) in [6.07, 6.45) is 1.77. The lowest BCUT2D eigenvalue weighted by Crippen LogP contribution is -2.21. The molecule has 0 fully saturated rings. The molecular formula is C14H16N4O2. The number of nitrogens with zero attached hydrogens (tertiary/aromatic N) is 3. The smallest absolute Gasteiger partial charge is 0.361 e. The highest BCUT2D eigenvalue weighted by Crippen LogP contribution is 2.29. The Morgan fingerprint density at radius 3 is 2.50 bits per heavy atom. The molecule has 104 valence electrons. The van der Waals surface area contributed by atoms with Crippen LogP contribution in [0.3, 0.4) is 0 Å². The average Bonchev–Trinajstić information content (AvgIpc) is 2.94. The van der Waals surface area contributed by atoms with E-state index in [0.717, 1.165) is 12.8 Å². The van der Waals surface area contributed by atoms with Crippen LogP contribution < -0.4 is 5.32 Å². The first kappa shape index (κ1) is 12.7. The number of hydrogen-bond acceptors (Lipinski definition) is 4. The first-order valence-electron chi connectivity index (χ1n) is 6.57. The number of nitro groups is 1. The molecule has 0 saturated carbocycles. The van der Waals surface area contributed by atoms with Gasteiger partial charge in [-0.05, 0) is 33.9 Å². The van der Waals surface area contributed by atoms with E-state index >= 15 is 0 Å². The number of aromatic nitrogens is 2. The van der Waals surface area contributed by atoms with Gasteiger partial charge in [-0.2, -0.15) is 0 Å². The highest BCUT2D eigenvalue weighted by atomic mass is 16.6. The standard InChI is InChI=1S/C14H16N4O2/c1-9-15-14(18(19)20)13(17(9)2)16-12-7-10-5-3-4-6-11(10)8-12/h3-6,12,16H,7-8H2,1-2H3. The zero-order chi connectivity index (χ0) is 14.3. The van der Waals surface area contributed by atoms with E-state index < -0.39 is 4.92 Å². The molecule has 0 bridgehead atoms. The normalized spacial score (nSPS) is 14.3. The third kappa shape index (κ3) is 2.03. The van der Waals surface area contributed by atoms with E-state index in [4.69, 9.17) is 0 Å². The zero-order valence-electron chi connectivity index (χ0n) is 11.5. The van der Waals surface area contributed by atoms with Crippen LogP contribution in [0, 0.1) is 17.0 Å². The number of rotatable bonds is 3. The molecule has 2 aromatic rings. The van der Waals surface area contributed by atoms with Crippen LogP contribution in [-0.2, 0) is 19.9 Å². The van der Waals surface area contributed by atoms with Gasteiger partial charge in [0.05, 0.1) is 0 Å². The zero-order valence-corrected chi connectivity index (χ0v) is 11.5. The molecule has 0 atom stereocenters. The predicted molar refractivity (Wildman–Crippen MR) is 75.9 cm³/mol. The van der Waals surface area contributed by atoms with Crippen LogP contribution in [0.4, 0.5) is 11.6 Å². The number of anilines is 1. The van der Waals surface area contributed by atoms with E-state index in [2.05, 4.69) is 22.4 Å². The van der Waals surface area contributed by atoms with Crippen molar-refractivity contribution in [2.24, 2.45) is 7.05 Å². The predicted octanol–water partition coefficient (Wildman–Crippen LogP) is 2.22. The van der Waals surface area contributed by atoms with E-state index in [9.17, 15) is 10.1 Å². The molecule has 0 spiro atoms. The van der Waals surface area contributed by atoms with Gasteiger partial charge in [-0.3, -0.25) is 4.57 Å². The van der Waals surface area contributed by atoms with Crippen LogP contribution in [0.25, 0.3) is 0 Å². The molecular weight excluding hydrogens is 256 g/mol. The maximum absolute atomic E-state index is 11.1. The van der Waals surface area contributed by atoms with Crippen molar-refractivity contribution in [2.45, 2.75) is 25.8 Å². The summed E-state index contributed by atoms with van der Waals surface area (Å²) in [6, 6.07) is 8.45. The maximum Gasteiger partial charge on any atom is 0.406 e. The van der Waals surface area contributed by atoms with Gasteiger partial charge in [0.1, 0.15) is 0 Å². The minimum Gasteiger partial charge on any atom is -0.361 e. The molecule has 0 amide bonds. The van der Waals surface area contributed by atoms with Gasteiger partial charge in [0.2, 0.25) is 11.6 Å². The van der Waals surface area contributed by atoms with Gasteiger partial charge < -0.3 is 15.4 Å². The van der Waals surface area contributed by atoms with Crippen molar-refractivity contribution in [3.05, 3.63) is 51.3 Å². The van der Waals surface area contributed by atoms with Gasteiger partial charge in [0, 0.05) is 20.0 Å². The molecule has 1 aromatic carbocycles. The number of hydrogen-bond donors (Lipinski definition) is 1. The summed E-state index contributed by atoms with van der Waals surface area (Å²) >= 11 is 0. The second-order valence-electron chi connectivity index (χ2n) is 5.17. The molecule has 1 aromatic heterocycles. The lowest BCUT2D eigenvalue weighted by atomic mass is 10.1. The second kappa shape index (κ2) is 4.63. The maximum atomic E-state index is 11.1. The van der Waals surface area contributed by atoms with E-state index in [0.29, 0.717) is 11.6 Å². The van der Waals surface area contributed by atoms with Gasteiger partial charge in [-0.25, -0.2) is 0 Å². The molecule has 1 aliphatic rings. The first-order valence-corrected chi connectivity index (χ1v) is 6.57. The minimum absolute atomic E-state index is 0.0963. The molecule has 0 aliphatic heterocycles. The largest absolute Gasteiger partial charge is 0.406 e. The summed E-state index contributed by atoms with van der Waals surface area (Å²) in [5.41, 5.74) is 2.62. The van der Waals surface area contributed by atoms with Crippen LogP contribution in [-0.4, -0.2) is 20.5 Å². The van der Waals surface area contributed by atoms with Crippen LogP contribution in [0.15, 0.2) is 24.3 Å². The Bertz CT molecular complexity index is 653. The van der Waals surface area contributed by atoms with Crippen molar-refractivity contribution in [3.8, 4) is 0 Å². The minimum atomic E-state index is -0.433. The summed E-state index contributed by atoms with van der Waals surface area (Å²) in [4.78, 5) is 14.6. The van der Waals surface area contributed by atoms with Gasteiger partial charge in [0.25, 0.3) is 0 Å². The number of fused-ring (bicyclic) bond motifs is 1. The Balaban J connectivity index is 1.85. The molecule has 20 heavy (non-hydrogen) atoms. The molecule has 3 rings (SSSR count). The summed E-state index contributed by atoms with van der Waals surface area (Å²) in [5.74, 6) is 1.03. The average molecular weight is 272 g/mol. The van der Waals surface area contributed by atoms with Gasteiger partial charge in [-0.1, -0.05) is 24.3 Å². The Labute approximate surface area is 116 Å². The topological polar surface area (TPSA) is 73.0 Å². The van der Waals surface area contributed by atoms with Crippen molar-refractivity contribution in [2.75, 3.05) is 5.32 Å². The van der Waals surface area contributed by atoms with Gasteiger partial charge in [-0.15, -0.1) is 0 Å². The van der Waals surface area contributed by atoms with E-state index in [1.165, 1.54) is 11.1 Å². The second-order valence-corrected chi connectivity index (χ2v) is 5.17. The number of nitrogens with one attached hydrogen (secondary N) is 1. The van der Waals surface area contributed by atoms with Crippen LogP contribution in [0.5, 0.6) is 0 Å². The van der Waals surface area contributed by atoms with Crippen molar-refractivity contribution < 1.29 is 4.92 Å². The van der Waals surface area contributed by atoms with Crippen LogP contribution in [0.1, 0.15) is 17.0 Å². The fourth-order valence-corrected chi connectivity index (χ4v) is 2.74. The SMILES string of the molecule is Cc1nc([N+](=O)[O-])c(NC2Cc3ccccc3C2)n1C. The Morgan fingerprint density at radius 2 is 1.95 bits per heavy atom. The molecule has 1 aliphatic carbocycles. The van der Waals surface area contributed by atoms with E-state index in [-0.39, 0.29) is 11.9 Å². The lowest BCUT2D eigenvalue weighted by molar-refractivity contribution is -0.388. The van der Waals surface area contributed by atoms with Crippen molar-refractivity contribution in [3.63, 3.8) is 0 Å². The summed E-state index contributed by atoms with van der Waals surface area (Å²) in [5, 5.41) is 14.4. The fraction of sp³-hybridized carbons (Fsp3) is 0.357. The van der Waals surface area contributed by atoms with Crippen LogP contribution in [0.2, 0.25) is 0 Å².